The fourth-order valence-corrected chi connectivity index (χ4v) is 5.00. The average molecular weight is 452 g/mol. The summed E-state index contributed by atoms with van der Waals surface area (Å²) >= 11 is 0. The number of ether oxygens (including phenoxy) is 1. The van der Waals surface area contributed by atoms with Crippen molar-refractivity contribution < 1.29 is 17.7 Å². The van der Waals surface area contributed by atoms with Crippen molar-refractivity contribution >= 4 is 26.7 Å². The summed E-state index contributed by atoms with van der Waals surface area (Å²) in [6.07, 6.45) is 4.83. The third kappa shape index (κ3) is 3.54. The van der Waals surface area contributed by atoms with Gasteiger partial charge >= 0.3 is 0 Å². The Morgan fingerprint density at radius 1 is 1.09 bits per heavy atom. The highest BCUT2D eigenvalue weighted by atomic mass is 32.2. The van der Waals surface area contributed by atoms with Crippen LogP contribution in [0.25, 0.3) is 16.6 Å². The van der Waals surface area contributed by atoms with Crippen LogP contribution in [0.5, 0.6) is 5.75 Å². The van der Waals surface area contributed by atoms with E-state index in [2.05, 4.69) is 14.4 Å². The molecule has 164 valence electrons. The standard InChI is InChI=1S/C23H21N3O5S/c1-30-21-14-16(15-3-2-4-15)5-8-20(21)26-19-9-7-18(13-17(19)6-10-23(26)27)32(28,29)25-22-11-12-31-24-22/h5-15H,2-4H2,1H3,(H,24,25). The number of fused-ring (bicyclic) bond motifs is 1. The molecule has 0 saturated heterocycles. The first kappa shape index (κ1) is 20.3. The first-order valence-corrected chi connectivity index (χ1v) is 11.7. The van der Waals surface area contributed by atoms with Crippen molar-refractivity contribution in [2.45, 2.75) is 30.1 Å². The van der Waals surface area contributed by atoms with Crippen LogP contribution >= 0.6 is 0 Å². The second-order valence-corrected chi connectivity index (χ2v) is 9.46. The lowest BCUT2D eigenvalue weighted by Crippen LogP contribution is -2.19. The van der Waals surface area contributed by atoms with E-state index >= 15 is 0 Å². The number of benzene rings is 2. The van der Waals surface area contributed by atoms with Gasteiger partial charge in [0.05, 0.1) is 23.2 Å². The summed E-state index contributed by atoms with van der Waals surface area (Å²) in [4.78, 5) is 12.9. The number of anilines is 1. The summed E-state index contributed by atoms with van der Waals surface area (Å²) < 4.78 is 39.6. The number of nitrogens with zero attached hydrogens (tertiary/aromatic N) is 2. The van der Waals surface area contributed by atoms with Crippen LogP contribution in [0.4, 0.5) is 5.82 Å². The summed E-state index contributed by atoms with van der Waals surface area (Å²) in [7, 11) is -2.29. The zero-order valence-electron chi connectivity index (χ0n) is 17.3. The van der Waals surface area contributed by atoms with E-state index in [-0.39, 0.29) is 16.3 Å². The molecular weight excluding hydrogens is 430 g/mol. The Morgan fingerprint density at radius 3 is 2.62 bits per heavy atom. The largest absolute Gasteiger partial charge is 0.495 e. The van der Waals surface area contributed by atoms with Crippen molar-refractivity contribution in [3.63, 3.8) is 0 Å². The molecule has 2 heterocycles. The summed E-state index contributed by atoms with van der Waals surface area (Å²) in [5, 5.41) is 4.17. The Balaban J connectivity index is 1.60. The average Bonchev–Trinajstić information content (AvgIpc) is 3.24. The fraction of sp³-hybridized carbons (Fsp3) is 0.217. The molecule has 32 heavy (non-hydrogen) atoms. The molecule has 5 rings (SSSR count). The number of hydrogen-bond donors (Lipinski definition) is 1. The van der Waals surface area contributed by atoms with E-state index in [1.807, 2.05) is 18.2 Å². The normalized spacial score (nSPS) is 14.3. The van der Waals surface area contributed by atoms with E-state index in [0.29, 0.717) is 28.3 Å². The van der Waals surface area contributed by atoms with E-state index in [1.165, 1.54) is 42.5 Å². The van der Waals surface area contributed by atoms with Gasteiger partial charge in [-0.25, -0.2) is 8.42 Å². The number of sulfonamides is 1. The summed E-state index contributed by atoms with van der Waals surface area (Å²) in [6.45, 7) is 0. The molecule has 1 aliphatic rings. The van der Waals surface area contributed by atoms with Gasteiger partial charge in [-0.05, 0) is 60.7 Å². The van der Waals surface area contributed by atoms with Crippen LogP contribution in [0, 0.1) is 0 Å². The van der Waals surface area contributed by atoms with Crippen molar-refractivity contribution in [3.8, 4) is 11.4 Å². The number of nitrogens with one attached hydrogen (secondary N) is 1. The quantitative estimate of drug-likeness (QED) is 0.474. The van der Waals surface area contributed by atoms with Gasteiger partial charge < -0.3 is 9.26 Å². The molecular formula is C23H21N3O5S. The van der Waals surface area contributed by atoms with E-state index < -0.39 is 10.0 Å². The second kappa shape index (κ2) is 7.83. The number of rotatable bonds is 6. The highest BCUT2D eigenvalue weighted by molar-refractivity contribution is 7.92. The molecule has 2 aromatic carbocycles. The zero-order chi connectivity index (χ0) is 22.3. The van der Waals surface area contributed by atoms with Crippen LogP contribution in [0.1, 0.15) is 30.7 Å². The van der Waals surface area contributed by atoms with Crippen LogP contribution in [-0.2, 0) is 10.0 Å². The van der Waals surface area contributed by atoms with Crippen LogP contribution < -0.4 is 15.0 Å². The minimum atomic E-state index is -3.87. The molecule has 0 radical (unpaired) electrons. The molecule has 0 spiro atoms. The Morgan fingerprint density at radius 2 is 1.94 bits per heavy atom. The molecule has 1 aliphatic carbocycles. The maximum atomic E-state index is 12.8. The second-order valence-electron chi connectivity index (χ2n) is 7.78. The lowest BCUT2D eigenvalue weighted by atomic mass is 9.80. The van der Waals surface area contributed by atoms with Crippen LogP contribution in [0.3, 0.4) is 0 Å². The summed E-state index contributed by atoms with van der Waals surface area (Å²) in [5.41, 5.74) is 2.16. The minimum Gasteiger partial charge on any atom is -0.495 e. The van der Waals surface area contributed by atoms with Crippen molar-refractivity contribution in [2.75, 3.05) is 11.8 Å². The van der Waals surface area contributed by atoms with Crippen LogP contribution in [0.15, 0.2) is 75.1 Å². The third-order valence-corrected chi connectivity index (χ3v) is 7.23. The Kier molecular flexibility index (Phi) is 4.97. The minimum absolute atomic E-state index is 0.0468. The molecule has 1 fully saturated rings. The highest BCUT2D eigenvalue weighted by Crippen LogP contribution is 2.39. The van der Waals surface area contributed by atoms with Crippen molar-refractivity contribution in [2.24, 2.45) is 0 Å². The molecule has 0 unspecified atom stereocenters. The van der Waals surface area contributed by atoms with Gasteiger partial charge in [-0.1, -0.05) is 17.6 Å². The molecule has 2 aromatic heterocycles. The predicted molar refractivity (Wildman–Crippen MR) is 120 cm³/mol. The summed E-state index contributed by atoms with van der Waals surface area (Å²) in [6, 6.07) is 15.0. The zero-order valence-corrected chi connectivity index (χ0v) is 18.1. The molecule has 9 heteroatoms. The van der Waals surface area contributed by atoms with Crippen LogP contribution in [0.2, 0.25) is 0 Å². The predicted octanol–water partition coefficient (Wildman–Crippen LogP) is 4.06. The van der Waals surface area contributed by atoms with E-state index in [0.717, 1.165) is 12.8 Å². The Labute approximate surface area is 184 Å². The lowest BCUT2D eigenvalue weighted by Gasteiger charge is -2.26. The molecule has 1 saturated carbocycles. The smallest absolute Gasteiger partial charge is 0.263 e. The Hall–Kier alpha value is -3.59. The topological polar surface area (TPSA) is 103 Å². The highest BCUT2D eigenvalue weighted by Gasteiger charge is 2.22. The van der Waals surface area contributed by atoms with Gasteiger partial charge in [0.15, 0.2) is 5.82 Å². The number of methoxy groups -OCH3 is 1. The van der Waals surface area contributed by atoms with Gasteiger partial charge in [0, 0.05) is 17.5 Å². The van der Waals surface area contributed by atoms with E-state index in [4.69, 9.17) is 4.74 Å². The number of pyridine rings is 1. The van der Waals surface area contributed by atoms with E-state index in [9.17, 15) is 13.2 Å². The lowest BCUT2D eigenvalue weighted by molar-refractivity contribution is 0.401. The molecule has 0 atom stereocenters. The first-order valence-electron chi connectivity index (χ1n) is 10.2. The van der Waals surface area contributed by atoms with Crippen molar-refractivity contribution in [1.82, 2.24) is 9.72 Å². The molecule has 0 aliphatic heterocycles. The van der Waals surface area contributed by atoms with Gasteiger partial charge in [0.2, 0.25) is 0 Å². The van der Waals surface area contributed by atoms with Crippen molar-refractivity contribution in [3.05, 3.63) is 76.8 Å². The number of aromatic nitrogens is 2. The van der Waals surface area contributed by atoms with Gasteiger partial charge in [-0.15, -0.1) is 0 Å². The molecule has 4 aromatic rings. The maximum Gasteiger partial charge on any atom is 0.263 e. The number of hydrogen-bond acceptors (Lipinski definition) is 6. The Bertz CT molecular complexity index is 1460. The van der Waals surface area contributed by atoms with Gasteiger partial charge in [-0.3, -0.25) is 14.1 Å². The first-order chi connectivity index (χ1) is 15.5. The summed E-state index contributed by atoms with van der Waals surface area (Å²) in [5.74, 6) is 1.23. The SMILES string of the molecule is COc1cc(C2CCC2)ccc1-n1c(=O)ccc2cc(S(=O)(=O)Nc3ccon3)ccc21. The third-order valence-electron chi connectivity index (χ3n) is 5.87. The molecule has 1 N–H and O–H groups in total. The van der Waals surface area contributed by atoms with E-state index in [1.54, 1.807) is 23.8 Å². The van der Waals surface area contributed by atoms with Gasteiger partial charge in [0.1, 0.15) is 12.0 Å². The van der Waals surface area contributed by atoms with Crippen LogP contribution in [-0.4, -0.2) is 25.3 Å². The fourth-order valence-electron chi connectivity index (χ4n) is 3.98. The molecule has 0 bridgehead atoms. The molecule has 0 amide bonds. The van der Waals surface area contributed by atoms with Crippen molar-refractivity contribution in [1.29, 1.82) is 0 Å². The molecule has 8 nitrogen and oxygen atoms in total. The maximum absolute atomic E-state index is 12.8. The monoisotopic (exact) mass is 451 g/mol. The van der Waals surface area contributed by atoms with Gasteiger partial charge in [-0.2, -0.15) is 0 Å². The van der Waals surface area contributed by atoms with Gasteiger partial charge in [0.25, 0.3) is 15.6 Å².